The van der Waals surface area contributed by atoms with Gasteiger partial charge in [0, 0.05) is 30.9 Å². The van der Waals surface area contributed by atoms with Crippen molar-refractivity contribution < 1.29 is 4.39 Å². The third kappa shape index (κ3) is 3.78. The highest BCUT2D eigenvalue weighted by molar-refractivity contribution is 9.10. The molecule has 1 aromatic carbocycles. The van der Waals surface area contributed by atoms with Crippen molar-refractivity contribution in [3.05, 3.63) is 28.5 Å². The fourth-order valence-electron chi connectivity index (χ4n) is 2.91. The second-order valence-corrected chi connectivity index (χ2v) is 8.24. The molecule has 1 saturated heterocycles. The lowest BCUT2D eigenvalue weighted by Crippen LogP contribution is -2.62. The van der Waals surface area contributed by atoms with E-state index in [4.69, 9.17) is 0 Å². The maximum atomic E-state index is 13.5. The van der Waals surface area contributed by atoms with Gasteiger partial charge >= 0.3 is 0 Å². The van der Waals surface area contributed by atoms with E-state index in [1.54, 1.807) is 6.07 Å². The lowest BCUT2D eigenvalue weighted by Gasteiger charge is -2.47. The molecule has 0 bridgehead atoms. The summed E-state index contributed by atoms with van der Waals surface area (Å²) in [7, 11) is 0. The molecule has 1 aliphatic heterocycles. The van der Waals surface area contributed by atoms with Gasteiger partial charge < -0.3 is 10.2 Å². The first-order valence-corrected chi connectivity index (χ1v) is 8.44. The highest BCUT2D eigenvalue weighted by Crippen LogP contribution is 2.31. The molecule has 2 atom stereocenters. The third-order valence-corrected chi connectivity index (χ3v) is 5.01. The lowest BCUT2D eigenvalue weighted by molar-refractivity contribution is 0.221. The Morgan fingerprint density at radius 2 is 2.00 bits per heavy atom. The van der Waals surface area contributed by atoms with Gasteiger partial charge in [-0.1, -0.05) is 34.6 Å². The van der Waals surface area contributed by atoms with Gasteiger partial charge in [-0.2, -0.15) is 0 Å². The van der Waals surface area contributed by atoms with Gasteiger partial charge in [-0.05, 0) is 45.5 Å². The van der Waals surface area contributed by atoms with Crippen molar-refractivity contribution in [3.63, 3.8) is 0 Å². The summed E-state index contributed by atoms with van der Waals surface area (Å²) in [5.41, 5.74) is 1.30. The summed E-state index contributed by atoms with van der Waals surface area (Å²) >= 11 is 3.31. The van der Waals surface area contributed by atoms with E-state index in [0.29, 0.717) is 22.5 Å². The Labute approximate surface area is 136 Å². The summed E-state index contributed by atoms with van der Waals surface area (Å²) in [6, 6.07) is 6.19. The van der Waals surface area contributed by atoms with Crippen molar-refractivity contribution in [2.24, 2.45) is 11.3 Å². The van der Waals surface area contributed by atoms with Crippen LogP contribution in [0.25, 0.3) is 0 Å². The van der Waals surface area contributed by atoms with Crippen molar-refractivity contribution >= 4 is 21.6 Å². The largest absolute Gasteiger partial charge is 0.365 e. The number of hydrogen-bond donors (Lipinski definition) is 1. The highest BCUT2D eigenvalue weighted by atomic mass is 79.9. The zero-order valence-corrected chi connectivity index (χ0v) is 15.2. The fourth-order valence-corrected chi connectivity index (χ4v) is 3.27. The number of piperazine rings is 1. The molecule has 0 aliphatic carbocycles. The second-order valence-electron chi connectivity index (χ2n) is 7.39. The van der Waals surface area contributed by atoms with E-state index in [9.17, 15) is 4.39 Å². The van der Waals surface area contributed by atoms with Gasteiger partial charge in [0.2, 0.25) is 0 Å². The zero-order chi connectivity index (χ0) is 15.8. The normalized spacial score (nSPS) is 23.7. The molecule has 0 saturated carbocycles. The predicted octanol–water partition coefficient (Wildman–Crippen LogP) is 4.44. The average molecular weight is 357 g/mol. The number of anilines is 1. The number of nitrogens with one attached hydrogen (secondary N) is 1. The van der Waals surface area contributed by atoms with E-state index >= 15 is 0 Å². The van der Waals surface area contributed by atoms with E-state index in [1.807, 2.05) is 12.1 Å². The maximum absolute atomic E-state index is 13.5. The molecule has 1 aliphatic rings. The molecule has 0 radical (unpaired) electrons. The van der Waals surface area contributed by atoms with Gasteiger partial charge in [-0.25, -0.2) is 4.39 Å². The first-order chi connectivity index (χ1) is 9.70. The van der Waals surface area contributed by atoms with Crippen molar-refractivity contribution in [2.45, 2.75) is 46.7 Å². The summed E-state index contributed by atoms with van der Waals surface area (Å²) in [5.74, 6) is 0.338. The third-order valence-electron chi connectivity index (χ3n) is 4.40. The second kappa shape index (κ2) is 6.25. The molecule has 0 aromatic heterocycles. The average Bonchev–Trinajstić information content (AvgIpc) is 2.40. The number of halogens is 2. The minimum absolute atomic E-state index is 0.206. The fraction of sp³-hybridized carbons (Fsp3) is 0.647. The predicted molar refractivity (Wildman–Crippen MR) is 91.3 cm³/mol. The highest BCUT2D eigenvalue weighted by Gasteiger charge is 2.35. The van der Waals surface area contributed by atoms with E-state index in [2.05, 4.69) is 60.8 Å². The Morgan fingerprint density at radius 3 is 2.52 bits per heavy atom. The van der Waals surface area contributed by atoms with Gasteiger partial charge in [0.15, 0.2) is 0 Å². The lowest BCUT2D eigenvalue weighted by atomic mass is 9.83. The summed E-state index contributed by atoms with van der Waals surface area (Å²) < 4.78 is 14.0. The molecule has 1 heterocycles. The topological polar surface area (TPSA) is 15.3 Å². The van der Waals surface area contributed by atoms with Crippen LogP contribution in [0.15, 0.2) is 22.7 Å². The minimum Gasteiger partial charge on any atom is -0.365 e. The van der Waals surface area contributed by atoms with Crippen molar-refractivity contribution in [1.29, 1.82) is 0 Å². The number of rotatable bonds is 2. The van der Waals surface area contributed by atoms with Gasteiger partial charge in [-0.15, -0.1) is 0 Å². The zero-order valence-electron chi connectivity index (χ0n) is 13.6. The molecule has 1 aromatic rings. The van der Waals surface area contributed by atoms with Crippen LogP contribution in [0, 0.1) is 17.2 Å². The van der Waals surface area contributed by atoms with Crippen LogP contribution in [0.4, 0.5) is 10.1 Å². The van der Waals surface area contributed by atoms with Crippen LogP contribution in [-0.4, -0.2) is 25.2 Å². The van der Waals surface area contributed by atoms with Crippen LogP contribution in [0.5, 0.6) is 0 Å². The molecule has 2 rings (SSSR count). The van der Waals surface area contributed by atoms with Crippen LogP contribution in [0.1, 0.15) is 34.6 Å². The Balaban J connectivity index is 2.31. The smallest absolute Gasteiger partial charge is 0.137 e. The Morgan fingerprint density at radius 1 is 1.33 bits per heavy atom. The van der Waals surface area contributed by atoms with Gasteiger partial charge in [0.05, 0.1) is 4.47 Å². The molecule has 1 N–H and O–H groups in total. The Bertz CT molecular complexity index is 496. The monoisotopic (exact) mass is 356 g/mol. The van der Waals surface area contributed by atoms with Crippen molar-refractivity contribution in [2.75, 3.05) is 18.0 Å². The number of benzene rings is 1. The van der Waals surface area contributed by atoms with Crippen LogP contribution in [0.3, 0.4) is 0 Å². The van der Waals surface area contributed by atoms with Crippen LogP contribution >= 0.6 is 15.9 Å². The summed E-state index contributed by atoms with van der Waals surface area (Å²) in [4.78, 5) is 2.43. The molecule has 0 spiro atoms. The van der Waals surface area contributed by atoms with Gasteiger partial charge in [0.1, 0.15) is 5.82 Å². The summed E-state index contributed by atoms with van der Waals surface area (Å²) in [6.07, 6.45) is 0. The number of nitrogens with zero attached hydrogens (tertiary/aromatic N) is 1. The molecule has 21 heavy (non-hydrogen) atoms. The van der Waals surface area contributed by atoms with Gasteiger partial charge in [-0.3, -0.25) is 0 Å². The maximum Gasteiger partial charge on any atom is 0.137 e. The van der Waals surface area contributed by atoms with Crippen LogP contribution < -0.4 is 10.2 Å². The van der Waals surface area contributed by atoms with Crippen molar-refractivity contribution in [1.82, 2.24) is 5.32 Å². The minimum atomic E-state index is -0.206. The summed E-state index contributed by atoms with van der Waals surface area (Å²) in [6.45, 7) is 13.2. The molecule has 4 heteroatoms. The Kier molecular flexibility index (Phi) is 4.99. The van der Waals surface area contributed by atoms with Gasteiger partial charge in [0.25, 0.3) is 0 Å². The Hall–Kier alpha value is -0.610. The van der Waals surface area contributed by atoms with Crippen LogP contribution in [0.2, 0.25) is 0 Å². The summed E-state index contributed by atoms with van der Waals surface area (Å²) in [5, 5.41) is 3.69. The van der Waals surface area contributed by atoms with E-state index in [-0.39, 0.29) is 11.2 Å². The van der Waals surface area contributed by atoms with E-state index < -0.39 is 0 Å². The molecule has 2 nitrogen and oxygen atoms in total. The molecule has 1 fully saturated rings. The quantitative estimate of drug-likeness (QED) is 0.842. The van der Waals surface area contributed by atoms with E-state index in [1.165, 1.54) is 0 Å². The molecule has 0 amide bonds. The number of hydrogen-bond acceptors (Lipinski definition) is 2. The SMILES string of the molecule is CC(C)C1CNC(C(C)(C)C)CN1c1ccc(F)c(Br)c1. The standard InChI is InChI=1S/C17H26BrFN2/c1-11(2)15-9-20-16(17(3,4)5)10-21(15)12-6-7-14(19)13(18)8-12/h6-8,11,15-16,20H,9-10H2,1-5H3. The first kappa shape index (κ1) is 16.8. The molecular weight excluding hydrogens is 331 g/mol. The molecule has 2 unspecified atom stereocenters. The van der Waals surface area contributed by atoms with E-state index in [0.717, 1.165) is 18.8 Å². The van der Waals surface area contributed by atoms with Crippen molar-refractivity contribution in [3.8, 4) is 0 Å². The first-order valence-electron chi connectivity index (χ1n) is 7.65. The molecule has 118 valence electrons. The molecular formula is C17H26BrFN2. The van der Waals surface area contributed by atoms with Crippen LogP contribution in [-0.2, 0) is 0 Å².